The van der Waals surface area contributed by atoms with Crippen molar-refractivity contribution >= 4 is 9.84 Å². The van der Waals surface area contributed by atoms with E-state index in [1.165, 1.54) is 17.6 Å². The van der Waals surface area contributed by atoms with E-state index < -0.39 is 21.7 Å². The van der Waals surface area contributed by atoms with Gasteiger partial charge in [0.2, 0.25) is 0 Å². The van der Waals surface area contributed by atoms with Crippen LogP contribution in [0, 0.1) is 18.8 Å². The maximum atomic E-state index is 13.5. The number of aromatic nitrogens is 5. The van der Waals surface area contributed by atoms with Crippen molar-refractivity contribution in [1.82, 2.24) is 24.5 Å². The van der Waals surface area contributed by atoms with Crippen molar-refractivity contribution in [2.45, 2.75) is 57.0 Å². The second-order valence-electron chi connectivity index (χ2n) is 10.5. The molecule has 4 aromatic rings. The summed E-state index contributed by atoms with van der Waals surface area (Å²) in [6.45, 7) is 3.79. The molecule has 0 N–H and O–H groups in total. The monoisotopic (exact) mass is 557 g/mol. The number of alkyl halides is 3. The van der Waals surface area contributed by atoms with Crippen LogP contribution < -0.4 is 0 Å². The van der Waals surface area contributed by atoms with Crippen LogP contribution in [0.1, 0.15) is 49.8 Å². The molecule has 0 atom stereocenters. The zero-order valence-corrected chi connectivity index (χ0v) is 22.8. The lowest BCUT2D eigenvalue weighted by molar-refractivity contribution is -0.141. The van der Waals surface area contributed by atoms with Gasteiger partial charge in [0.25, 0.3) is 0 Å². The number of hydrogen-bond donors (Lipinski definition) is 0. The summed E-state index contributed by atoms with van der Waals surface area (Å²) in [5.41, 5.74) is 2.23. The fraction of sp³-hybridized carbons (Fsp3) is 0.393. The normalized spacial score (nSPS) is 18.4. The lowest BCUT2D eigenvalue weighted by atomic mass is 9.81. The molecule has 0 amide bonds. The zero-order valence-electron chi connectivity index (χ0n) is 22.0. The highest BCUT2D eigenvalue weighted by atomic mass is 32.2. The highest BCUT2D eigenvalue weighted by Crippen LogP contribution is 2.35. The molecule has 2 heterocycles. The van der Waals surface area contributed by atoms with Gasteiger partial charge in [-0.25, -0.2) is 18.1 Å². The Labute approximate surface area is 225 Å². The van der Waals surface area contributed by atoms with Gasteiger partial charge in [-0.15, -0.1) is 5.10 Å². The van der Waals surface area contributed by atoms with E-state index in [-0.39, 0.29) is 10.7 Å². The average molecular weight is 558 g/mol. The lowest BCUT2D eigenvalue weighted by Gasteiger charge is -2.26. The van der Waals surface area contributed by atoms with E-state index in [4.69, 9.17) is 0 Å². The number of sulfone groups is 1. The highest BCUT2D eigenvalue weighted by molar-refractivity contribution is 7.90. The molecule has 1 aliphatic carbocycles. The van der Waals surface area contributed by atoms with Crippen LogP contribution >= 0.6 is 0 Å². The van der Waals surface area contributed by atoms with Crippen molar-refractivity contribution in [2.24, 2.45) is 11.8 Å². The second kappa shape index (κ2) is 10.3. The topological polar surface area (TPSA) is 82.7 Å². The van der Waals surface area contributed by atoms with Gasteiger partial charge in [-0.05, 0) is 73.4 Å². The molecule has 0 bridgehead atoms. The van der Waals surface area contributed by atoms with E-state index in [1.807, 2.05) is 6.07 Å². The summed E-state index contributed by atoms with van der Waals surface area (Å²) in [4.78, 5) is 3.93. The standard InChI is InChI=1S/C28H30F3N5O2S/c1-18-7-9-20(10-8-18)13-23-16-32-34-36(23)26-15-22(21-5-4-6-24(14-21)39(3,37)38)11-12-25(26)35-17-27(28(29,30)31)33-19(35)2/h4-6,11-12,14-18,20H,7-10,13H2,1-3H3. The molecule has 5 rings (SSSR count). The van der Waals surface area contributed by atoms with Crippen LogP contribution in [0.15, 0.2) is 59.8 Å². The maximum Gasteiger partial charge on any atom is 0.434 e. The Bertz CT molecular complexity index is 1600. The van der Waals surface area contributed by atoms with Crippen molar-refractivity contribution in [1.29, 1.82) is 0 Å². The van der Waals surface area contributed by atoms with Crippen molar-refractivity contribution in [3.63, 3.8) is 0 Å². The van der Waals surface area contributed by atoms with E-state index in [0.29, 0.717) is 34.3 Å². The van der Waals surface area contributed by atoms with Gasteiger partial charge in [0.05, 0.1) is 28.2 Å². The number of nitrogens with zero attached hydrogens (tertiary/aromatic N) is 5. The fourth-order valence-electron chi connectivity index (χ4n) is 5.26. The molecule has 7 nitrogen and oxygen atoms in total. The first-order valence-corrected chi connectivity index (χ1v) is 14.8. The van der Waals surface area contributed by atoms with Gasteiger partial charge in [-0.1, -0.05) is 43.2 Å². The molecule has 1 fully saturated rings. The van der Waals surface area contributed by atoms with Crippen LogP contribution in [-0.4, -0.2) is 39.2 Å². The molecular weight excluding hydrogens is 527 g/mol. The Morgan fingerprint density at radius 1 is 1.00 bits per heavy atom. The summed E-state index contributed by atoms with van der Waals surface area (Å²) in [6, 6.07) is 11.9. The molecule has 0 saturated heterocycles. The Morgan fingerprint density at radius 2 is 1.72 bits per heavy atom. The molecular formula is C28H30F3N5O2S. The Balaban J connectivity index is 1.64. The predicted octanol–water partition coefficient (Wildman–Crippen LogP) is 6.22. The van der Waals surface area contributed by atoms with Crippen molar-refractivity contribution in [2.75, 3.05) is 6.26 Å². The summed E-state index contributed by atoms with van der Waals surface area (Å²) in [6.07, 6.45) is 4.55. The number of halogens is 3. The Morgan fingerprint density at radius 3 is 2.38 bits per heavy atom. The summed E-state index contributed by atoms with van der Waals surface area (Å²) in [5, 5.41) is 8.50. The molecule has 0 aliphatic heterocycles. The van der Waals surface area contributed by atoms with Crippen LogP contribution in [0.25, 0.3) is 22.5 Å². The van der Waals surface area contributed by atoms with Crippen LogP contribution in [-0.2, 0) is 22.4 Å². The molecule has 0 radical (unpaired) electrons. The van der Waals surface area contributed by atoms with Crippen molar-refractivity contribution in [3.8, 4) is 22.5 Å². The number of rotatable bonds is 6. The van der Waals surface area contributed by atoms with Gasteiger partial charge >= 0.3 is 6.18 Å². The molecule has 2 aromatic heterocycles. The first-order chi connectivity index (χ1) is 18.4. The molecule has 0 spiro atoms. The van der Waals surface area contributed by atoms with E-state index >= 15 is 0 Å². The summed E-state index contributed by atoms with van der Waals surface area (Å²) in [5.74, 6) is 1.36. The smallest absolute Gasteiger partial charge is 0.301 e. The molecule has 0 unspecified atom stereocenters. The van der Waals surface area contributed by atoms with Gasteiger partial charge in [0.1, 0.15) is 5.82 Å². The number of hydrogen-bond acceptors (Lipinski definition) is 5. The SMILES string of the molecule is Cc1nc(C(F)(F)F)cn1-c1ccc(-c2cccc(S(C)(=O)=O)c2)cc1-n1nncc1CC1CCC(C)CC1. The Kier molecular flexibility index (Phi) is 7.13. The minimum Gasteiger partial charge on any atom is -0.301 e. The largest absolute Gasteiger partial charge is 0.434 e. The third-order valence-electron chi connectivity index (χ3n) is 7.48. The maximum absolute atomic E-state index is 13.5. The number of imidazole rings is 1. The minimum atomic E-state index is -4.58. The molecule has 39 heavy (non-hydrogen) atoms. The molecule has 1 aliphatic rings. The van der Waals surface area contributed by atoms with Gasteiger partial charge in [-0.2, -0.15) is 13.2 Å². The zero-order chi connectivity index (χ0) is 27.9. The molecule has 1 saturated carbocycles. The third-order valence-corrected chi connectivity index (χ3v) is 8.59. The van der Waals surface area contributed by atoms with E-state index in [1.54, 1.807) is 41.2 Å². The summed E-state index contributed by atoms with van der Waals surface area (Å²) >= 11 is 0. The predicted molar refractivity (Wildman–Crippen MR) is 142 cm³/mol. The van der Waals surface area contributed by atoms with Gasteiger partial charge < -0.3 is 4.57 Å². The number of aryl methyl sites for hydroxylation is 1. The van der Waals surface area contributed by atoms with Gasteiger partial charge in [0.15, 0.2) is 15.5 Å². The Hall–Kier alpha value is -3.47. The van der Waals surface area contributed by atoms with Gasteiger partial charge in [-0.3, -0.25) is 0 Å². The molecule has 2 aromatic carbocycles. The average Bonchev–Trinajstić information content (AvgIpc) is 3.51. The van der Waals surface area contributed by atoms with Crippen LogP contribution in [0.3, 0.4) is 0 Å². The summed E-state index contributed by atoms with van der Waals surface area (Å²) < 4.78 is 67.9. The van der Waals surface area contributed by atoms with E-state index in [9.17, 15) is 21.6 Å². The third kappa shape index (κ3) is 5.78. The minimum absolute atomic E-state index is 0.179. The van der Waals surface area contributed by atoms with E-state index in [2.05, 4.69) is 22.2 Å². The van der Waals surface area contributed by atoms with Crippen molar-refractivity contribution in [3.05, 3.63) is 72.1 Å². The highest BCUT2D eigenvalue weighted by Gasteiger charge is 2.35. The van der Waals surface area contributed by atoms with Crippen LogP contribution in [0.2, 0.25) is 0 Å². The quantitative estimate of drug-likeness (QED) is 0.281. The second-order valence-corrected chi connectivity index (χ2v) is 12.5. The fourth-order valence-corrected chi connectivity index (χ4v) is 5.93. The molecule has 206 valence electrons. The lowest BCUT2D eigenvalue weighted by Crippen LogP contribution is -2.17. The van der Waals surface area contributed by atoms with Crippen LogP contribution in [0.5, 0.6) is 0 Å². The van der Waals surface area contributed by atoms with Crippen molar-refractivity contribution < 1.29 is 21.6 Å². The first-order valence-electron chi connectivity index (χ1n) is 12.9. The number of benzene rings is 2. The first kappa shape index (κ1) is 27.1. The van der Waals surface area contributed by atoms with E-state index in [0.717, 1.165) is 50.3 Å². The van der Waals surface area contributed by atoms with Crippen LogP contribution in [0.4, 0.5) is 13.2 Å². The summed E-state index contributed by atoms with van der Waals surface area (Å²) in [7, 11) is -3.43. The van der Waals surface area contributed by atoms with Gasteiger partial charge in [0, 0.05) is 12.5 Å². The molecule has 11 heteroatoms.